The number of aromatic nitrogens is 4. The van der Waals surface area contributed by atoms with Crippen molar-refractivity contribution in [1.29, 1.82) is 0 Å². The molecular weight excluding hydrogens is 352 g/mol. The number of likely N-dealkylation sites (tertiary alicyclic amines) is 1. The summed E-state index contributed by atoms with van der Waals surface area (Å²) in [5, 5.41) is 7.65. The minimum Gasteiger partial charge on any atom is -0.310 e. The highest BCUT2D eigenvalue weighted by Crippen LogP contribution is 2.32. The highest BCUT2D eigenvalue weighted by atomic mass is 16.1. The zero-order valence-electron chi connectivity index (χ0n) is 15.8. The van der Waals surface area contributed by atoms with Crippen molar-refractivity contribution in [2.24, 2.45) is 5.92 Å². The van der Waals surface area contributed by atoms with Gasteiger partial charge in [0, 0.05) is 38.7 Å². The third kappa shape index (κ3) is 3.07. The number of rotatable bonds is 3. The number of carbonyl (C=O) groups is 1. The van der Waals surface area contributed by atoms with Gasteiger partial charge in [-0.1, -0.05) is 6.08 Å². The first-order valence-corrected chi connectivity index (χ1v) is 9.68. The van der Waals surface area contributed by atoms with E-state index in [0.717, 1.165) is 60.5 Å². The number of allylic oxidation sites excluding steroid dienone is 1. The van der Waals surface area contributed by atoms with Crippen LogP contribution in [0.3, 0.4) is 0 Å². The number of piperidine rings is 1. The molecule has 0 bridgehead atoms. The van der Waals surface area contributed by atoms with E-state index in [1.165, 1.54) is 0 Å². The molecule has 1 fully saturated rings. The minimum absolute atomic E-state index is 0. The summed E-state index contributed by atoms with van der Waals surface area (Å²) in [5.74, 6) is 0.792. The Morgan fingerprint density at radius 2 is 2.07 bits per heavy atom. The van der Waals surface area contributed by atoms with Crippen LogP contribution >= 0.6 is 0 Å². The SMILES string of the molecule is CN1CCC(C(=O)Nc2ccc3c(n2)CC=C3c2ccc3nccn3n2)CC1.[HH].[HH]. The topological polar surface area (TPSA) is 75.4 Å². The van der Waals surface area contributed by atoms with Gasteiger partial charge < -0.3 is 10.2 Å². The van der Waals surface area contributed by atoms with Gasteiger partial charge in [0.05, 0.1) is 11.4 Å². The van der Waals surface area contributed by atoms with Crippen LogP contribution < -0.4 is 5.32 Å². The molecule has 4 heterocycles. The fourth-order valence-electron chi connectivity index (χ4n) is 3.98. The molecule has 0 aromatic carbocycles. The normalized spacial score (nSPS) is 17.5. The molecule has 0 radical (unpaired) electrons. The molecule has 3 aromatic rings. The van der Waals surface area contributed by atoms with Crippen LogP contribution in [0.25, 0.3) is 11.2 Å². The summed E-state index contributed by atoms with van der Waals surface area (Å²) in [6.45, 7) is 1.94. The zero-order valence-corrected chi connectivity index (χ0v) is 15.8. The van der Waals surface area contributed by atoms with Gasteiger partial charge >= 0.3 is 0 Å². The standard InChI is InChI=1S/C21H22N6O.2H2/c1-26-11-8-14(9-12-26)21(28)24-19-6-3-15-16(2-4-17(15)23-19)18-5-7-20-22-10-13-27(20)25-18;;/h2-3,5-7,10,13-14H,4,8-9,11-12H2,1H3,(H,23,24,28);2*1H. The number of fused-ring (bicyclic) bond motifs is 2. The van der Waals surface area contributed by atoms with E-state index in [4.69, 9.17) is 0 Å². The Morgan fingerprint density at radius 1 is 1.21 bits per heavy atom. The van der Waals surface area contributed by atoms with Gasteiger partial charge in [0.2, 0.25) is 5.91 Å². The first-order chi connectivity index (χ1) is 13.7. The molecule has 1 aliphatic heterocycles. The van der Waals surface area contributed by atoms with Gasteiger partial charge in [-0.15, -0.1) is 0 Å². The summed E-state index contributed by atoms with van der Waals surface area (Å²) < 4.78 is 1.78. The van der Waals surface area contributed by atoms with Crippen LogP contribution in [-0.4, -0.2) is 50.5 Å². The van der Waals surface area contributed by atoms with Gasteiger partial charge in [-0.2, -0.15) is 5.10 Å². The van der Waals surface area contributed by atoms with E-state index in [1.807, 2.05) is 30.5 Å². The molecule has 1 aliphatic carbocycles. The van der Waals surface area contributed by atoms with E-state index in [0.29, 0.717) is 5.82 Å². The van der Waals surface area contributed by atoms with Crippen molar-refractivity contribution in [1.82, 2.24) is 24.5 Å². The second-order valence-electron chi connectivity index (χ2n) is 7.53. The van der Waals surface area contributed by atoms with Crippen LogP contribution in [0.2, 0.25) is 0 Å². The van der Waals surface area contributed by atoms with Crippen LogP contribution in [0.5, 0.6) is 0 Å². The molecule has 3 aromatic heterocycles. The maximum Gasteiger partial charge on any atom is 0.228 e. The Balaban J connectivity index is 0.00000128. The summed E-state index contributed by atoms with van der Waals surface area (Å²) in [5.41, 5.74) is 4.85. The van der Waals surface area contributed by atoms with E-state index in [-0.39, 0.29) is 14.7 Å². The Hall–Kier alpha value is -3.06. The number of hydrogen-bond acceptors (Lipinski definition) is 5. The van der Waals surface area contributed by atoms with Crippen molar-refractivity contribution >= 4 is 22.9 Å². The van der Waals surface area contributed by atoms with Crippen LogP contribution in [0.1, 0.15) is 32.6 Å². The van der Waals surface area contributed by atoms with Gasteiger partial charge in [0.25, 0.3) is 0 Å². The third-order valence-electron chi connectivity index (χ3n) is 5.64. The molecule has 0 unspecified atom stereocenters. The van der Waals surface area contributed by atoms with Crippen molar-refractivity contribution in [2.45, 2.75) is 19.3 Å². The summed E-state index contributed by atoms with van der Waals surface area (Å²) in [6.07, 6.45) is 8.28. The van der Waals surface area contributed by atoms with E-state index < -0.39 is 0 Å². The monoisotopic (exact) mass is 378 g/mol. The molecule has 1 saturated heterocycles. The van der Waals surface area contributed by atoms with Gasteiger partial charge in [0.15, 0.2) is 5.65 Å². The first-order valence-electron chi connectivity index (χ1n) is 9.68. The molecule has 7 nitrogen and oxygen atoms in total. The van der Waals surface area contributed by atoms with Crippen molar-refractivity contribution in [2.75, 3.05) is 25.5 Å². The highest BCUT2D eigenvalue weighted by Gasteiger charge is 2.24. The Kier molecular flexibility index (Phi) is 4.16. The molecule has 0 saturated carbocycles. The number of pyridine rings is 1. The molecule has 1 N–H and O–H groups in total. The summed E-state index contributed by atoms with van der Waals surface area (Å²) in [7, 11) is 2.10. The Labute approximate surface area is 166 Å². The van der Waals surface area contributed by atoms with E-state index in [1.54, 1.807) is 10.7 Å². The lowest BCUT2D eigenvalue weighted by molar-refractivity contribution is -0.121. The average molecular weight is 378 g/mol. The van der Waals surface area contributed by atoms with Crippen molar-refractivity contribution < 1.29 is 7.65 Å². The number of nitrogens with zero attached hydrogens (tertiary/aromatic N) is 5. The predicted molar refractivity (Wildman–Crippen MR) is 111 cm³/mol. The molecule has 1 amide bonds. The molecule has 7 heteroatoms. The van der Waals surface area contributed by atoms with Crippen LogP contribution in [0.15, 0.2) is 42.7 Å². The molecule has 5 rings (SSSR count). The van der Waals surface area contributed by atoms with Gasteiger partial charge in [-0.3, -0.25) is 4.79 Å². The molecule has 28 heavy (non-hydrogen) atoms. The van der Waals surface area contributed by atoms with Gasteiger partial charge in [-0.05, 0) is 57.2 Å². The maximum absolute atomic E-state index is 12.6. The largest absolute Gasteiger partial charge is 0.310 e. The predicted octanol–water partition coefficient (Wildman–Crippen LogP) is 2.88. The van der Waals surface area contributed by atoms with Crippen molar-refractivity contribution in [3.63, 3.8) is 0 Å². The molecule has 0 atom stereocenters. The number of nitrogens with one attached hydrogen (secondary N) is 1. The first kappa shape index (κ1) is 17.1. The molecule has 2 aliphatic rings. The summed E-state index contributed by atoms with van der Waals surface area (Å²) in [4.78, 5) is 23.7. The number of amides is 1. The second-order valence-corrected chi connectivity index (χ2v) is 7.53. The van der Waals surface area contributed by atoms with E-state index >= 15 is 0 Å². The fraction of sp³-hybridized carbons (Fsp3) is 0.333. The number of imidazole rings is 1. The lowest BCUT2D eigenvalue weighted by atomic mass is 9.96. The number of hydrogen-bond donors (Lipinski definition) is 1. The van der Waals surface area contributed by atoms with Gasteiger partial charge in [0.1, 0.15) is 5.82 Å². The summed E-state index contributed by atoms with van der Waals surface area (Å²) in [6, 6.07) is 7.87. The fourth-order valence-corrected chi connectivity index (χ4v) is 3.98. The van der Waals surface area contributed by atoms with Crippen LogP contribution in [0.4, 0.5) is 5.82 Å². The number of carbonyl (C=O) groups excluding carboxylic acids is 1. The zero-order chi connectivity index (χ0) is 19.1. The highest BCUT2D eigenvalue weighted by molar-refractivity contribution is 5.92. The molecular formula is C21H26N6O. The maximum atomic E-state index is 12.6. The number of anilines is 1. The molecule has 146 valence electrons. The van der Waals surface area contributed by atoms with E-state index in [9.17, 15) is 4.79 Å². The van der Waals surface area contributed by atoms with Crippen molar-refractivity contribution in [3.8, 4) is 0 Å². The summed E-state index contributed by atoms with van der Waals surface area (Å²) >= 11 is 0. The van der Waals surface area contributed by atoms with Crippen LogP contribution in [0, 0.1) is 5.92 Å². The molecule has 0 spiro atoms. The third-order valence-corrected chi connectivity index (χ3v) is 5.64. The Bertz CT molecular complexity index is 1090. The van der Waals surface area contributed by atoms with Gasteiger partial charge in [-0.25, -0.2) is 14.5 Å². The lowest BCUT2D eigenvalue weighted by Crippen LogP contribution is -2.36. The Morgan fingerprint density at radius 3 is 2.93 bits per heavy atom. The van der Waals surface area contributed by atoms with Crippen molar-refractivity contribution in [3.05, 3.63) is 59.7 Å². The van der Waals surface area contributed by atoms with Crippen LogP contribution in [-0.2, 0) is 11.2 Å². The van der Waals surface area contributed by atoms with E-state index in [2.05, 4.69) is 38.4 Å². The average Bonchev–Trinajstić information content (AvgIpc) is 3.34. The quantitative estimate of drug-likeness (QED) is 0.758. The minimum atomic E-state index is 0. The smallest absolute Gasteiger partial charge is 0.228 e. The lowest BCUT2D eigenvalue weighted by Gasteiger charge is -2.27. The second kappa shape index (κ2) is 6.83.